The average Bonchev–Trinajstić information content (AvgIpc) is 2.61. The van der Waals surface area contributed by atoms with Crippen molar-refractivity contribution >= 4 is 36.4 Å². The van der Waals surface area contributed by atoms with Crippen LogP contribution >= 0.6 is 24.8 Å². The summed E-state index contributed by atoms with van der Waals surface area (Å²) in [5.74, 6) is 0.898. The summed E-state index contributed by atoms with van der Waals surface area (Å²) in [4.78, 5) is 11.9. The first-order valence-electron chi connectivity index (χ1n) is 7.78. The van der Waals surface area contributed by atoms with Gasteiger partial charge in [-0.3, -0.25) is 4.79 Å². The summed E-state index contributed by atoms with van der Waals surface area (Å²) in [6, 6.07) is 14.9. The summed E-state index contributed by atoms with van der Waals surface area (Å²) < 4.78 is 10.9. The van der Waals surface area contributed by atoms with Crippen molar-refractivity contribution in [3.05, 3.63) is 54.1 Å². The van der Waals surface area contributed by atoms with Crippen LogP contribution in [0.3, 0.4) is 0 Å². The molecule has 6 nitrogen and oxygen atoms in total. The molecule has 0 radical (unpaired) electrons. The zero-order valence-electron chi connectivity index (χ0n) is 14.6. The van der Waals surface area contributed by atoms with Gasteiger partial charge in [-0.25, -0.2) is 0 Å². The molecule has 0 aliphatic heterocycles. The lowest BCUT2D eigenvalue weighted by atomic mass is 10.2. The summed E-state index contributed by atoms with van der Waals surface area (Å²) in [6.45, 7) is 1.95. The monoisotopic (exact) mass is 401 g/mol. The van der Waals surface area contributed by atoms with E-state index in [1.807, 2.05) is 42.5 Å². The van der Waals surface area contributed by atoms with Crippen LogP contribution < -0.4 is 25.8 Å². The van der Waals surface area contributed by atoms with Crippen LogP contribution in [0, 0.1) is 0 Å². The van der Waals surface area contributed by atoms with E-state index in [1.165, 1.54) is 0 Å². The van der Waals surface area contributed by atoms with Crippen molar-refractivity contribution in [1.82, 2.24) is 5.32 Å². The van der Waals surface area contributed by atoms with E-state index in [0.29, 0.717) is 24.6 Å². The molecule has 0 spiro atoms. The molecule has 2 rings (SSSR count). The third-order valence-corrected chi connectivity index (χ3v) is 3.29. The molecular weight excluding hydrogens is 377 g/mol. The standard InChI is InChI=1S/C18H23N3O3.2ClH/c1-23-17-11-14(12-20-10-9-19)7-8-16(17)24-13-18(22)21-15-5-3-2-4-6-15;;/h2-8,11,20H,9-10,12-13,19H2,1H3,(H,21,22);2*1H. The average molecular weight is 402 g/mol. The van der Waals surface area contributed by atoms with Crippen molar-refractivity contribution in [3.8, 4) is 11.5 Å². The maximum absolute atomic E-state index is 11.9. The van der Waals surface area contributed by atoms with Gasteiger partial charge in [-0.1, -0.05) is 24.3 Å². The third kappa shape index (κ3) is 7.93. The van der Waals surface area contributed by atoms with Crippen LogP contribution in [0.4, 0.5) is 5.69 Å². The highest BCUT2D eigenvalue weighted by molar-refractivity contribution is 5.91. The Kier molecular flexibility index (Phi) is 12.2. The Morgan fingerprint density at radius 1 is 1.08 bits per heavy atom. The van der Waals surface area contributed by atoms with Gasteiger partial charge in [0.15, 0.2) is 18.1 Å². The molecule has 4 N–H and O–H groups in total. The van der Waals surface area contributed by atoms with E-state index in [0.717, 1.165) is 17.8 Å². The van der Waals surface area contributed by atoms with Crippen molar-refractivity contribution in [3.63, 3.8) is 0 Å². The van der Waals surface area contributed by atoms with E-state index in [4.69, 9.17) is 15.2 Å². The fraction of sp³-hybridized carbons (Fsp3) is 0.278. The highest BCUT2D eigenvalue weighted by atomic mass is 35.5. The van der Waals surface area contributed by atoms with Gasteiger partial charge in [0.1, 0.15) is 0 Å². The number of rotatable bonds is 9. The molecule has 8 heteroatoms. The molecule has 2 aromatic carbocycles. The van der Waals surface area contributed by atoms with Gasteiger partial charge in [0, 0.05) is 25.3 Å². The number of ether oxygens (including phenoxy) is 2. The number of benzene rings is 2. The molecule has 0 unspecified atom stereocenters. The molecule has 2 aromatic rings. The van der Waals surface area contributed by atoms with Gasteiger partial charge in [-0.05, 0) is 29.8 Å². The van der Waals surface area contributed by atoms with Crippen LogP contribution in [-0.2, 0) is 11.3 Å². The second-order valence-electron chi connectivity index (χ2n) is 5.15. The third-order valence-electron chi connectivity index (χ3n) is 3.29. The van der Waals surface area contributed by atoms with Crippen LogP contribution in [0.25, 0.3) is 0 Å². The number of hydrogen-bond donors (Lipinski definition) is 3. The number of para-hydroxylation sites is 1. The molecule has 26 heavy (non-hydrogen) atoms. The Balaban J connectivity index is 0.00000312. The Hall–Kier alpha value is -1.99. The lowest BCUT2D eigenvalue weighted by Gasteiger charge is -2.12. The molecule has 0 saturated carbocycles. The predicted octanol–water partition coefficient (Wildman–Crippen LogP) is 2.60. The number of hydrogen-bond acceptors (Lipinski definition) is 5. The highest BCUT2D eigenvalue weighted by Crippen LogP contribution is 2.28. The van der Waals surface area contributed by atoms with E-state index in [2.05, 4.69) is 10.6 Å². The fourth-order valence-corrected chi connectivity index (χ4v) is 2.14. The minimum Gasteiger partial charge on any atom is -0.493 e. The van der Waals surface area contributed by atoms with Crippen LogP contribution in [-0.4, -0.2) is 32.7 Å². The second-order valence-corrected chi connectivity index (χ2v) is 5.15. The van der Waals surface area contributed by atoms with Gasteiger partial charge in [0.25, 0.3) is 5.91 Å². The summed E-state index contributed by atoms with van der Waals surface area (Å²) in [6.07, 6.45) is 0. The van der Waals surface area contributed by atoms with E-state index in [-0.39, 0.29) is 37.3 Å². The number of nitrogens with two attached hydrogens (primary N) is 1. The summed E-state index contributed by atoms with van der Waals surface area (Å²) in [5.41, 5.74) is 7.24. The van der Waals surface area contributed by atoms with Gasteiger partial charge in [-0.15, -0.1) is 24.8 Å². The zero-order chi connectivity index (χ0) is 17.2. The number of amides is 1. The molecule has 144 valence electrons. The normalized spacial score (nSPS) is 9.46. The van der Waals surface area contributed by atoms with Crippen LogP contribution in [0.1, 0.15) is 5.56 Å². The lowest BCUT2D eigenvalue weighted by Crippen LogP contribution is -2.22. The minimum absolute atomic E-state index is 0. The number of halogens is 2. The predicted molar refractivity (Wildman–Crippen MR) is 109 cm³/mol. The van der Waals surface area contributed by atoms with Gasteiger partial charge in [0.2, 0.25) is 0 Å². The number of methoxy groups -OCH3 is 1. The van der Waals surface area contributed by atoms with Crippen molar-refractivity contribution in [1.29, 1.82) is 0 Å². The fourth-order valence-electron chi connectivity index (χ4n) is 2.14. The number of nitrogens with one attached hydrogen (secondary N) is 2. The quantitative estimate of drug-likeness (QED) is 0.562. The molecule has 0 saturated heterocycles. The van der Waals surface area contributed by atoms with Gasteiger partial charge >= 0.3 is 0 Å². The van der Waals surface area contributed by atoms with E-state index < -0.39 is 0 Å². The van der Waals surface area contributed by atoms with Crippen LogP contribution in [0.2, 0.25) is 0 Å². The van der Waals surface area contributed by atoms with E-state index in [9.17, 15) is 4.79 Å². The summed E-state index contributed by atoms with van der Waals surface area (Å²) >= 11 is 0. The summed E-state index contributed by atoms with van der Waals surface area (Å²) in [7, 11) is 1.57. The van der Waals surface area contributed by atoms with Crippen molar-refractivity contribution < 1.29 is 14.3 Å². The molecule has 0 aliphatic rings. The summed E-state index contributed by atoms with van der Waals surface area (Å²) in [5, 5.41) is 5.98. The van der Waals surface area contributed by atoms with Gasteiger partial charge in [0.05, 0.1) is 7.11 Å². The Bertz CT molecular complexity index is 657. The topological polar surface area (TPSA) is 85.6 Å². The highest BCUT2D eigenvalue weighted by Gasteiger charge is 2.09. The van der Waals surface area contributed by atoms with E-state index >= 15 is 0 Å². The zero-order valence-corrected chi connectivity index (χ0v) is 16.2. The second kappa shape index (κ2) is 13.2. The van der Waals surface area contributed by atoms with Gasteiger partial charge < -0.3 is 25.8 Å². The van der Waals surface area contributed by atoms with Crippen molar-refractivity contribution in [2.75, 3.05) is 32.1 Å². The number of carbonyl (C=O) groups is 1. The largest absolute Gasteiger partial charge is 0.493 e. The Morgan fingerprint density at radius 2 is 1.81 bits per heavy atom. The van der Waals surface area contributed by atoms with Crippen LogP contribution in [0.5, 0.6) is 11.5 Å². The van der Waals surface area contributed by atoms with Crippen molar-refractivity contribution in [2.24, 2.45) is 5.73 Å². The molecule has 0 heterocycles. The lowest BCUT2D eigenvalue weighted by molar-refractivity contribution is -0.118. The van der Waals surface area contributed by atoms with E-state index in [1.54, 1.807) is 13.2 Å². The van der Waals surface area contributed by atoms with Gasteiger partial charge in [-0.2, -0.15) is 0 Å². The number of anilines is 1. The smallest absolute Gasteiger partial charge is 0.262 e. The molecule has 0 atom stereocenters. The molecular formula is C18H25Cl2N3O3. The first kappa shape index (κ1) is 24.0. The Morgan fingerprint density at radius 3 is 2.46 bits per heavy atom. The molecule has 0 aromatic heterocycles. The van der Waals surface area contributed by atoms with Crippen molar-refractivity contribution in [2.45, 2.75) is 6.54 Å². The van der Waals surface area contributed by atoms with Crippen LogP contribution in [0.15, 0.2) is 48.5 Å². The number of carbonyl (C=O) groups excluding carboxylic acids is 1. The first-order chi connectivity index (χ1) is 11.7. The SMILES string of the molecule is COc1cc(CNCCN)ccc1OCC(=O)Nc1ccccc1.Cl.Cl. The molecule has 0 bridgehead atoms. The maximum atomic E-state index is 11.9. The first-order valence-corrected chi connectivity index (χ1v) is 7.78. The minimum atomic E-state index is -0.225. The molecule has 0 aliphatic carbocycles. The molecule has 0 fully saturated rings. The molecule has 1 amide bonds. The Labute approximate surface area is 166 Å². The maximum Gasteiger partial charge on any atom is 0.262 e.